The summed E-state index contributed by atoms with van der Waals surface area (Å²) in [6.45, 7) is 7.41. The van der Waals surface area contributed by atoms with Gasteiger partial charge in [-0.05, 0) is 49.7 Å². The SMILES string of the molecule is CC(C)C[C@H](N)C(=O)O.CCc1ccc(CC[C@H](N[C@H](C)C(=O)O)C(=O)O)cc1. The van der Waals surface area contributed by atoms with Gasteiger partial charge in [0.1, 0.15) is 18.1 Å². The molecule has 1 aromatic rings. The third-order valence-corrected chi connectivity index (χ3v) is 4.32. The number of aryl methyl sites for hydroxylation is 2. The summed E-state index contributed by atoms with van der Waals surface area (Å²) in [4.78, 5) is 32.0. The average molecular weight is 411 g/mol. The van der Waals surface area contributed by atoms with Crippen molar-refractivity contribution in [3.63, 3.8) is 0 Å². The number of hydrogen-bond acceptors (Lipinski definition) is 5. The molecule has 0 spiro atoms. The molecule has 0 aliphatic carbocycles. The van der Waals surface area contributed by atoms with Crippen LogP contribution in [0.15, 0.2) is 24.3 Å². The first-order valence-corrected chi connectivity index (χ1v) is 9.75. The van der Waals surface area contributed by atoms with Gasteiger partial charge in [0, 0.05) is 0 Å². The number of carboxylic acids is 3. The van der Waals surface area contributed by atoms with Crippen LogP contribution in [0.25, 0.3) is 0 Å². The zero-order chi connectivity index (χ0) is 22.6. The van der Waals surface area contributed by atoms with Crippen molar-refractivity contribution in [2.24, 2.45) is 11.7 Å². The van der Waals surface area contributed by atoms with Crippen LogP contribution in [0.4, 0.5) is 0 Å². The van der Waals surface area contributed by atoms with Crippen LogP contribution in [0.1, 0.15) is 51.7 Å². The van der Waals surface area contributed by atoms with Gasteiger partial charge < -0.3 is 21.1 Å². The maximum atomic E-state index is 11.1. The van der Waals surface area contributed by atoms with Crippen molar-refractivity contribution in [3.05, 3.63) is 35.4 Å². The molecule has 0 amide bonds. The van der Waals surface area contributed by atoms with Crippen LogP contribution in [0, 0.1) is 5.92 Å². The van der Waals surface area contributed by atoms with Gasteiger partial charge in [0.15, 0.2) is 0 Å². The van der Waals surface area contributed by atoms with E-state index in [9.17, 15) is 14.4 Å². The molecule has 0 aliphatic heterocycles. The first-order chi connectivity index (χ1) is 13.5. The number of nitrogens with one attached hydrogen (secondary N) is 1. The summed E-state index contributed by atoms with van der Waals surface area (Å²) in [5.74, 6) is -2.63. The quantitative estimate of drug-likeness (QED) is 0.372. The Morgan fingerprint density at radius 2 is 1.45 bits per heavy atom. The summed E-state index contributed by atoms with van der Waals surface area (Å²) < 4.78 is 0. The number of benzene rings is 1. The molecule has 0 bridgehead atoms. The first kappa shape index (κ1) is 26.6. The van der Waals surface area contributed by atoms with E-state index in [1.54, 1.807) is 0 Å². The molecule has 0 unspecified atom stereocenters. The van der Waals surface area contributed by atoms with Gasteiger partial charge in [-0.2, -0.15) is 0 Å². The number of hydrogen-bond donors (Lipinski definition) is 5. The van der Waals surface area contributed by atoms with E-state index >= 15 is 0 Å². The van der Waals surface area contributed by atoms with E-state index in [1.165, 1.54) is 12.5 Å². The van der Waals surface area contributed by atoms with Crippen molar-refractivity contribution in [1.29, 1.82) is 0 Å². The highest BCUT2D eigenvalue weighted by molar-refractivity contribution is 5.77. The second kappa shape index (κ2) is 13.7. The second-order valence-electron chi connectivity index (χ2n) is 7.40. The van der Waals surface area contributed by atoms with Crippen LogP contribution in [0.2, 0.25) is 0 Å². The zero-order valence-corrected chi connectivity index (χ0v) is 17.6. The van der Waals surface area contributed by atoms with E-state index in [2.05, 4.69) is 12.2 Å². The van der Waals surface area contributed by atoms with E-state index in [1.807, 2.05) is 38.1 Å². The average Bonchev–Trinajstić information content (AvgIpc) is 2.64. The summed E-state index contributed by atoms with van der Waals surface area (Å²) in [5, 5.41) is 28.8. The summed E-state index contributed by atoms with van der Waals surface area (Å²) in [6, 6.07) is 5.60. The highest BCUT2D eigenvalue weighted by atomic mass is 16.4. The van der Waals surface area contributed by atoms with Gasteiger partial charge in [0.2, 0.25) is 0 Å². The van der Waals surface area contributed by atoms with Crippen molar-refractivity contribution < 1.29 is 29.7 Å². The molecule has 0 aliphatic rings. The second-order valence-corrected chi connectivity index (χ2v) is 7.40. The van der Waals surface area contributed by atoms with Crippen LogP contribution in [0.3, 0.4) is 0 Å². The third kappa shape index (κ3) is 11.9. The van der Waals surface area contributed by atoms with Crippen molar-refractivity contribution in [2.75, 3.05) is 0 Å². The minimum absolute atomic E-state index is 0.357. The molecule has 29 heavy (non-hydrogen) atoms. The number of rotatable bonds is 11. The molecule has 3 atom stereocenters. The molecule has 1 aromatic carbocycles. The Labute approximate surface area is 172 Å². The lowest BCUT2D eigenvalue weighted by molar-refractivity contribution is -0.142. The summed E-state index contributed by atoms with van der Waals surface area (Å²) in [7, 11) is 0. The van der Waals surface area contributed by atoms with E-state index < -0.39 is 36.0 Å². The van der Waals surface area contributed by atoms with Crippen LogP contribution < -0.4 is 11.1 Å². The first-order valence-electron chi connectivity index (χ1n) is 9.75. The Kier molecular flexibility index (Phi) is 12.5. The maximum absolute atomic E-state index is 11.1. The van der Waals surface area contributed by atoms with Gasteiger partial charge in [0.25, 0.3) is 0 Å². The molecule has 8 nitrogen and oxygen atoms in total. The van der Waals surface area contributed by atoms with Crippen LogP contribution in [0.5, 0.6) is 0 Å². The van der Waals surface area contributed by atoms with E-state index in [0.29, 0.717) is 25.2 Å². The molecule has 0 radical (unpaired) electrons. The topological polar surface area (TPSA) is 150 Å². The van der Waals surface area contributed by atoms with E-state index in [-0.39, 0.29) is 0 Å². The zero-order valence-electron chi connectivity index (χ0n) is 17.6. The number of aliphatic carboxylic acids is 3. The lowest BCUT2D eigenvalue weighted by Crippen LogP contribution is -2.45. The standard InChI is InChI=1S/C15H21NO4.C6H13NO2/c1-3-11-4-6-12(7-5-11)8-9-13(15(19)20)16-10(2)14(17)18;1-4(2)3-5(7)6(8)9/h4-7,10,13,16H,3,8-9H2,1-2H3,(H,17,18)(H,19,20);4-5H,3,7H2,1-2H3,(H,8,9)/t10-,13+;5-/m10/s1. The smallest absolute Gasteiger partial charge is 0.320 e. The van der Waals surface area contributed by atoms with Crippen molar-refractivity contribution in [2.45, 2.75) is 71.5 Å². The van der Waals surface area contributed by atoms with Gasteiger partial charge in [-0.3, -0.25) is 19.7 Å². The fraction of sp³-hybridized carbons (Fsp3) is 0.571. The van der Waals surface area contributed by atoms with Gasteiger partial charge in [-0.25, -0.2) is 0 Å². The van der Waals surface area contributed by atoms with E-state index in [0.717, 1.165) is 12.0 Å². The minimum atomic E-state index is -1.05. The van der Waals surface area contributed by atoms with Gasteiger partial charge in [-0.15, -0.1) is 0 Å². The van der Waals surface area contributed by atoms with Crippen molar-refractivity contribution >= 4 is 17.9 Å². The lowest BCUT2D eigenvalue weighted by atomic mass is 10.0. The lowest BCUT2D eigenvalue weighted by Gasteiger charge is -2.17. The molecule has 1 rings (SSSR count). The Morgan fingerprint density at radius 1 is 0.931 bits per heavy atom. The predicted octanol–water partition coefficient (Wildman–Crippen LogP) is 2.14. The minimum Gasteiger partial charge on any atom is -0.480 e. The number of carbonyl (C=O) groups is 3. The summed E-state index contributed by atoms with van der Waals surface area (Å²) in [6.07, 6.45) is 2.48. The summed E-state index contributed by atoms with van der Waals surface area (Å²) in [5.41, 5.74) is 7.51. The van der Waals surface area contributed by atoms with Gasteiger partial charge in [-0.1, -0.05) is 45.0 Å². The number of carboxylic acid groups (broad SMARTS) is 3. The Morgan fingerprint density at radius 3 is 1.79 bits per heavy atom. The molecule has 0 heterocycles. The molecule has 0 aromatic heterocycles. The molecular weight excluding hydrogens is 376 g/mol. The molecule has 164 valence electrons. The van der Waals surface area contributed by atoms with Crippen LogP contribution in [-0.4, -0.2) is 51.4 Å². The maximum Gasteiger partial charge on any atom is 0.320 e. The Bertz CT molecular complexity index is 645. The fourth-order valence-corrected chi connectivity index (χ4v) is 2.51. The molecule has 0 saturated heterocycles. The predicted molar refractivity (Wildman–Crippen MR) is 111 cm³/mol. The fourth-order valence-electron chi connectivity index (χ4n) is 2.51. The highest BCUT2D eigenvalue weighted by Crippen LogP contribution is 2.09. The Hall–Kier alpha value is -2.45. The molecular formula is C21H34N2O6. The monoisotopic (exact) mass is 410 g/mol. The van der Waals surface area contributed by atoms with Gasteiger partial charge in [0.05, 0.1) is 0 Å². The molecule has 8 heteroatoms. The van der Waals surface area contributed by atoms with E-state index in [4.69, 9.17) is 21.1 Å². The third-order valence-electron chi connectivity index (χ3n) is 4.32. The molecule has 6 N–H and O–H groups in total. The van der Waals surface area contributed by atoms with Gasteiger partial charge >= 0.3 is 17.9 Å². The highest BCUT2D eigenvalue weighted by Gasteiger charge is 2.22. The van der Waals surface area contributed by atoms with Crippen LogP contribution >= 0.6 is 0 Å². The van der Waals surface area contributed by atoms with Crippen molar-refractivity contribution in [1.82, 2.24) is 5.32 Å². The molecule has 0 fully saturated rings. The number of nitrogens with two attached hydrogens (primary N) is 1. The molecule has 0 saturated carbocycles. The van der Waals surface area contributed by atoms with Crippen LogP contribution in [-0.2, 0) is 27.2 Å². The normalized spacial score (nSPS) is 13.7. The van der Waals surface area contributed by atoms with Crippen molar-refractivity contribution in [3.8, 4) is 0 Å². The summed E-state index contributed by atoms with van der Waals surface area (Å²) >= 11 is 0. The largest absolute Gasteiger partial charge is 0.480 e. The Balaban J connectivity index is 0.000000734.